The topological polar surface area (TPSA) is 49.3 Å². The molecule has 0 N–H and O–H groups in total. The number of carbonyl (C=O) groups excluding carboxylic acids is 1. The van der Waals surface area contributed by atoms with Crippen LogP contribution in [0.5, 0.6) is 0 Å². The number of likely N-dealkylation sites (N-methyl/N-ethyl adjacent to an activating group) is 1. The molecule has 1 aromatic rings. The van der Waals surface area contributed by atoms with Crippen LogP contribution in [0.25, 0.3) is 0 Å². The van der Waals surface area contributed by atoms with Crippen molar-refractivity contribution in [3.63, 3.8) is 0 Å². The Kier molecular flexibility index (Phi) is 4.84. The number of piperidine rings is 1. The molecule has 1 fully saturated rings. The molecule has 134 valence electrons. The summed E-state index contributed by atoms with van der Waals surface area (Å²) in [6.45, 7) is 3.68. The maximum atomic E-state index is 12.6. The minimum absolute atomic E-state index is 0.293. The molecule has 1 amide bonds. The van der Waals surface area contributed by atoms with Gasteiger partial charge in [0, 0.05) is 62.4 Å². The van der Waals surface area contributed by atoms with Crippen LogP contribution in [0.1, 0.15) is 55.1 Å². The van der Waals surface area contributed by atoms with E-state index in [2.05, 4.69) is 34.0 Å². The van der Waals surface area contributed by atoms with Gasteiger partial charge in [-0.3, -0.25) is 4.79 Å². The van der Waals surface area contributed by atoms with E-state index in [1.54, 1.807) is 0 Å². The number of fused-ring (bicyclic) bond motifs is 1. The Bertz CT molecular complexity index is 672. The lowest BCUT2D eigenvalue weighted by molar-refractivity contribution is -0.133. The molecule has 5 nitrogen and oxygen atoms in total. The minimum atomic E-state index is 0.293. The highest BCUT2D eigenvalue weighted by molar-refractivity contribution is 5.77. The van der Waals surface area contributed by atoms with Gasteiger partial charge in [0.15, 0.2) is 0 Å². The van der Waals surface area contributed by atoms with E-state index in [9.17, 15) is 4.79 Å². The van der Waals surface area contributed by atoms with Crippen molar-refractivity contribution in [3.8, 4) is 0 Å². The van der Waals surface area contributed by atoms with Crippen LogP contribution in [0.15, 0.2) is 18.3 Å². The lowest BCUT2D eigenvalue weighted by Crippen LogP contribution is -2.40. The predicted octanol–water partition coefficient (Wildman–Crippen LogP) is 2.53. The number of likely N-dealkylation sites (tertiary alicyclic amines) is 1. The van der Waals surface area contributed by atoms with Gasteiger partial charge in [-0.05, 0) is 38.6 Å². The third kappa shape index (κ3) is 3.76. The molecule has 2 atom stereocenters. The number of amides is 1. The number of aromatic nitrogens is 2. The molecule has 25 heavy (non-hydrogen) atoms. The summed E-state index contributed by atoms with van der Waals surface area (Å²) in [5.74, 6) is 1.99. The van der Waals surface area contributed by atoms with Crippen LogP contribution in [0, 0.1) is 5.92 Å². The van der Waals surface area contributed by atoms with Crippen molar-refractivity contribution in [2.75, 3.05) is 26.7 Å². The normalized spacial score (nSPS) is 26.7. The summed E-state index contributed by atoms with van der Waals surface area (Å²) in [4.78, 5) is 26.5. The van der Waals surface area contributed by atoms with Crippen molar-refractivity contribution in [1.82, 2.24) is 19.8 Å². The maximum absolute atomic E-state index is 12.6. The van der Waals surface area contributed by atoms with Crippen LogP contribution < -0.4 is 0 Å². The summed E-state index contributed by atoms with van der Waals surface area (Å²) in [5.41, 5.74) is 2.47. The standard InChI is InChI=1S/C20H28N4O/c1-23-10-8-18-17(13-23)12-21-20(22-18)16-7-4-9-24(14-16)19(25)11-15-5-2-3-6-15/h2,5,12,15-16H,3-4,6-11,13-14H2,1H3/t15-,16-/m0/s1. The third-order valence-electron chi connectivity index (χ3n) is 5.83. The van der Waals surface area contributed by atoms with Crippen LogP contribution in [0.4, 0.5) is 0 Å². The van der Waals surface area contributed by atoms with Crippen LogP contribution in [0.2, 0.25) is 0 Å². The Morgan fingerprint density at radius 2 is 2.24 bits per heavy atom. The first-order valence-electron chi connectivity index (χ1n) is 9.66. The van der Waals surface area contributed by atoms with Crippen molar-refractivity contribution < 1.29 is 4.79 Å². The first kappa shape index (κ1) is 16.7. The summed E-state index contributed by atoms with van der Waals surface area (Å²) < 4.78 is 0. The lowest BCUT2D eigenvalue weighted by Gasteiger charge is -2.33. The van der Waals surface area contributed by atoms with Gasteiger partial charge in [0.2, 0.25) is 5.91 Å². The van der Waals surface area contributed by atoms with E-state index in [0.717, 1.165) is 64.1 Å². The van der Waals surface area contributed by atoms with E-state index in [4.69, 9.17) is 4.98 Å². The number of carbonyl (C=O) groups is 1. The quantitative estimate of drug-likeness (QED) is 0.794. The molecule has 1 saturated heterocycles. The molecule has 0 spiro atoms. The molecule has 0 unspecified atom stereocenters. The van der Waals surface area contributed by atoms with Gasteiger partial charge >= 0.3 is 0 Å². The van der Waals surface area contributed by atoms with Gasteiger partial charge in [0.1, 0.15) is 5.82 Å². The van der Waals surface area contributed by atoms with Crippen molar-refractivity contribution in [2.24, 2.45) is 5.92 Å². The van der Waals surface area contributed by atoms with Crippen molar-refractivity contribution >= 4 is 5.91 Å². The van der Waals surface area contributed by atoms with Crippen LogP contribution in [-0.4, -0.2) is 52.4 Å². The predicted molar refractivity (Wildman–Crippen MR) is 97.1 cm³/mol. The number of hydrogen-bond acceptors (Lipinski definition) is 4. The van der Waals surface area contributed by atoms with Gasteiger partial charge in [-0.15, -0.1) is 0 Å². The third-order valence-corrected chi connectivity index (χ3v) is 5.83. The van der Waals surface area contributed by atoms with Crippen LogP contribution in [0.3, 0.4) is 0 Å². The molecule has 3 heterocycles. The molecular weight excluding hydrogens is 312 g/mol. The van der Waals surface area contributed by atoms with Crippen molar-refractivity contribution in [2.45, 2.75) is 51.0 Å². The summed E-state index contributed by atoms with van der Waals surface area (Å²) >= 11 is 0. The second-order valence-corrected chi connectivity index (χ2v) is 7.84. The Morgan fingerprint density at radius 1 is 1.32 bits per heavy atom. The number of hydrogen-bond donors (Lipinski definition) is 0. The highest BCUT2D eigenvalue weighted by atomic mass is 16.2. The minimum Gasteiger partial charge on any atom is -0.342 e. The lowest BCUT2D eigenvalue weighted by atomic mass is 9.95. The van der Waals surface area contributed by atoms with E-state index in [0.29, 0.717) is 24.2 Å². The zero-order valence-corrected chi connectivity index (χ0v) is 15.2. The Balaban J connectivity index is 1.42. The van der Waals surface area contributed by atoms with E-state index >= 15 is 0 Å². The number of allylic oxidation sites excluding steroid dienone is 2. The molecule has 0 radical (unpaired) electrons. The van der Waals surface area contributed by atoms with E-state index in [1.807, 2.05) is 6.20 Å². The molecule has 0 saturated carbocycles. The first-order valence-corrected chi connectivity index (χ1v) is 9.66. The van der Waals surface area contributed by atoms with Crippen molar-refractivity contribution in [1.29, 1.82) is 0 Å². The Hall–Kier alpha value is -1.75. The van der Waals surface area contributed by atoms with Crippen LogP contribution >= 0.6 is 0 Å². The average Bonchev–Trinajstić information content (AvgIpc) is 3.14. The largest absolute Gasteiger partial charge is 0.342 e. The fourth-order valence-corrected chi connectivity index (χ4v) is 4.30. The molecule has 2 aliphatic heterocycles. The SMILES string of the molecule is CN1CCc2nc([C@H]3CCCN(C(=O)C[C@H]4C=CCC4)C3)ncc2C1. The van der Waals surface area contributed by atoms with Gasteiger partial charge in [0.25, 0.3) is 0 Å². The molecule has 1 aromatic heterocycles. The highest BCUT2D eigenvalue weighted by Crippen LogP contribution is 2.28. The average molecular weight is 340 g/mol. The number of rotatable bonds is 3. The van der Waals surface area contributed by atoms with Gasteiger partial charge in [-0.25, -0.2) is 9.97 Å². The molecule has 4 rings (SSSR count). The van der Waals surface area contributed by atoms with E-state index in [-0.39, 0.29) is 0 Å². The van der Waals surface area contributed by atoms with Crippen LogP contribution in [-0.2, 0) is 17.8 Å². The van der Waals surface area contributed by atoms with Gasteiger partial charge in [0.05, 0.1) is 0 Å². The summed E-state index contributed by atoms with van der Waals surface area (Å²) in [6.07, 6.45) is 12.5. The Labute approximate surface area is 150 Å². The highest BCUT2D eigenvalue weighted by Gasteiger charge is 2.28. The summed E-state index contributed by atoms with van der Waals surface area (Å²) in [5, 5.41) is 0. The molecule has 3 aliphatic rings. The Morgan fingerprint density at radius 3 is 3.08 bits per heavy atom. The smallest absolute Gasteiger partial charge is 0.223 e. The monoisotopic (exact) mass is 340 g/mol. The summed E-state index contributed by atoms with van der Waals surface area (Å²) in [7, 11) is 2.14. The number of nitrogens with zero attached hydrogens (tertiary/aromatic N) is 4. The second kappa shape index (κ2) is 7.24. The zero-order chi connectivity index (χ0) is 17.2. The van der Waals surface area contributed by atoms with E-state index in [1.165, 1.54) is 11.3 Å². The van der Waals surface area contributed by atoms with Gasteiger partial charge in [-0.2, -0.15) is 0 Å². The maximum Gasteiger partial charge on any atom is 0.223 e. The first-order chi connectivity index (χ1) is 12.2. The molecule has 1 aliphatic carbocycles. The fourth-order valence-electron chi connectivity index (χ4n) is 4.30. The van der Waals surface area contributed by atoms with Gasteiger partial charge in [-0.1, -0.05) is 12.2 Å². The fraction of sp³-hybridized carbons (Fsp3) is 0.650. The molecule has 5 heteroatoms. The van der Waals surface area contributed by atoms with Gasteiger partial charge < -0.3 is 9.80 Å². The molecule has 0 aromatic carbocycles. The van der Waals surface area contributed by atoms with E-state index < -0.39 is 0 Å². The summed E-state index contributed by atoms with van der Waals surface area (Å²) in [6, 6.07) is 0. The molecular formula is C20H28N4O. The van der Waals surface area contributed by atoms with Crippen molar-refractivity contribution in [3.05, 3.63) is 35.4 Å². The zero-order valence-electron chi connectivity index (χ0n) is 15.2. The second-order valence-electron chi connectivity index (χ2n) is 7.84. The molecule has 0 bridgehead atoms.